The molecule has 13 heteroatoms. The van der Waals surface area contributed by atoms with Crippen LogP contribution in [0.2, 0.25) is 0 Å². The molecule has 1 saturated heterocycles. The maximum Gasteiger partial charge on any atom is 0.261 e. The van der Waals surface area contributed by atoms with E-state index in [1.807, 2.05) is 0 Å². The van der Waals surface area contributed by atoms with E-state index < -0.39 is 42.5 Å². The van der Waals surface area contributed by atoms with Crippen LogP contribution in [0.1, 0.15) is 29.6 Å². The standard InChI is InChI=1S/C24H23F2N3O6S2/c25-20-9-7-18(14-21(20)26)36(32,33)28-17-6-4-5-16(13-17)24(31)27-22-15-19(8-10-23(22)30)37(34,35)29-11-2-1-3-12-29/h4-10,13-15,28,30H,1-3,11-12H2,(H,27,31). The number of phenolic OH excluding ortho intramolecular Hbond substituents is 1. The molecule has 1 amide bonds. The molecular formula is C24H23F2N3O6S2. The van der Waals surface area contributed by atoms with Gasteiger partial charge in [0.2, 0.25) is 10.0 Å². The number of phenols is 1. The van der Waals surface area contributed by atoms with E-state index in [9.17, 15) is 35.5 Å². The van der Waals surface area contributed by atoms with E-state index >= 15 is 0 Å². The lowest BCUT2D eigenvalue weighted by Gasteiger charge is -2.26. The van der Waals surface area contributed by atoms with Crippen molar-refractivity contribution in [3.8, 4) is 5.75 Å². The average Bonchev–Trinajstić information content (AvgIpc) is 2.87. The minimum Gasteiger partial charge on any atom is -0.506 e. The van der Waals surface area contributed by atoms with Gasteiger partial charge in [0.1, 0.15) is 5.75 Å². The predicted octanol–water partition coefficient (Wildman–Crippen LogP) is 3.90. The van der Waals surface area contributed by atoms with Gasteiger partial charge < -0.3 is 10.4 Å². The van der Waals surface area contributed by atoms with E-state index in [0.29, 0.717) is 25.2 Å². The lowest BCUT2D eigenvalue weighted by molar-refractivity contribution is 0.102. The zero-order valence-corrected chi connectivity index (χ0v) is 21.0. The van der Waals surface area contributed by atoms with Gasteiger partial charge in [-0.2, -0.15) is 4.31 Å². The van der Waals surface area contributed by atoms with Gasteiger partial charge in [-0.25, -0.2) is 25.6 Å². The number of rotatable bonds is 7. The van der Waals surface area contributed by atoms with Crippen LogP contribution in [-0.2, 0) is 20.0 Å². The highest BCUT2D eigenvalue weighted by Crippen LogP contribution is 2.30. The summed E-state index contributed by atoms with van der Waals surface area (Å²) in [5.41, 5.74) is -0.201. The van der Waals surface area contributed by atoms with Crippen LogP contribution in [-0.4, -0.2) is 45.2 Å². The quantitative estimate of drug-likeness (QED) is 0.382. The van der Waals surface area contributed by atoms with Crippen molar-refractivity contribution in [2.24, 2.45) is 0 Å². The first-order valence-corrected chi connectivity index (χ1v) is 14.1. The fourth-order valence-corrected chi connectivity index (χ4v) is 6.41. The molecule has 4 rings (SSSR count). The largest absolute Gasteiger partial charge is 0.506 e. The van der Waals surface area contributed by atoms with Crippen molar-refractivity contribution in [2.45, 2.75) is 29.1 Å². The Morgan fingerprint density at radius 2 is 1.54 bits per heavy atom. The molecule has 0 saturated carbocycles. The van der Waals surface area contributed by atoms with Crippen LogP contribution in [0.4, 0.5) is 20.2 Å². The maximum absolute atomic E-state index is 13.5. The number of anilines is 2. The molecule has 0 radical (unpaired) electrons. The number of benzene rings is 3. The Balaban J connectivity index is 1.54. The molecule has 1 aliphatic heterocycles. The van der Waals surface area contributed by atoms with Crippen LogP contribution in [0.5, 0.6) is 5.75 Å². The first-order valence-electron chi connectivity index (χ1n) is 11.2. The molecule has 0 aliphatic carbocycles. The first kappa shape index (κ1) is 26.5. The van der Waals surface area contributed by atoms with Gasteiger partial charge in [-0.1, -0.05) is 12.5 Å². The molecule has 196 valence electrons. The van der Waals surface area contributed by atoms with Crippen LogP contribution in [0.25, 0.3) is 0 Å². The van der Waals surface area contributed by atoms with Crippen molar-refractivity contribution in [3.63, 3.8) is 0 Å². The third kappa shape index (κ3) is 5.89. The van der Waals surface area contributed by atoms with Crippen LogP contribution in [0.15, 0.2) is 70.5 Å². The highest BCUT2D eigenvalue weighted by Gasteiger charge is 2.27. The second-order valence-electron chi connectivity index (χ2n) is 8.36. The fraction of sp³-hybridized carbons (Fsp3) is 0.208. The summed E-state index contributed by atoms with van der Waals surface area (Å²) in [5.74, 6) is -3.65. The smallest absolute Gasteiger partial charge is 0.261 e. The highest BCUT2D eigenvalue weighted by atomic mass is 32.2. The Morgan fingerprint density at radius 1 is 0.838 bits per heavy atom. The number of carbonyl (C=O) groups excluding carboxylic acids is 1. The number of nitrogens with zero attached hydrogens (tertiary/aromatic N) is 1. The van der Waals surface area contributed by atoms with Crippen molar-refractivity contribution in [2.75, 3.05) is 23.1 Å². The third-order valence-electron chi connectivity index (χ3n) is 5.75. The number of halogens is 2. The minimum absolute atomic E-state index is 0.0193. The van der Waals surface area contributed by atoms with Crippen molar-refractivity contribution >= 4 is 37.3 Å². The Morgan fingerprint density at radius 3 is 2.24 bits per heavy atom. The van der Waals surface area contributed by atoms with Crippen molar-refractivity contribution in [3.05, 3.63) is 77.9 Å². The van der Waals surface area contributed by atoms with Crippen LogP contribution in [0.3, 0.4) is 0 Å². The monoisotopic (exact) mass is 551 g/mol. The lowest BCUT2D eigenvalue weighted by atomic mass is 10.2. The topological polar surface area (TPSA) is 133 Å². The molecule has 1 heterocycles. The molecule has 0 aromatic heterocycles. The maximum atomic E-state index is 13.5. The molecule has 37 heavy (non-hydrogen) atoms. The Labute approximate surface area is 212 Å². The van der Waals surface area contributed by atoms with Gasteiger partial charge in [0, 0.05) is 24.3 Å². The molecule has 0 atom stereocenters. The number of hydrogen-bond acceptors (Lipinski definition) is 6. The minimum atomic E-state index is -4.29. The highest BCUT2D eigenvalue weighted by molar-refractivity contribution is 7.92. The molecule has 0 unspecified atom stereocenters. The van der Waals surface area contributed by atoms with E-state index in [-0.39, 0.29) is 27.6 Å². The Kier molecular flexibility index (Phi) is 7.48. The number of amides is 1. The summed E-state index contributed by atoms with van der Waals surface area (Å²) < 4.78 is 81.2. The fourth-order valence-electron chi connectivity index (χ4n) is 3.81. The summed E-state index contributed by atoms with van der Waals surface area (Å²) in [4.78, 5) is 12.2. The number of piperidine rings is 1. The third-order valence-corrected chi connectivity index (χ3v) is 9.02. The summed E-state index contributed by atoms with van der Waals surface area (Å²) >= 11 is 0. The van der Waals surface area contributed by atoms with Gasteiger partial charge in [0.15, 0.2) is 11.6 Å². The summed E-state index contributed by atoms with van der Waals surface area (Å²) in [6.45, 7) is 0.774. The number of hydrogen-bond donors (Lipinski definition) is 3. The number of nitrogens with one attached hydrogen (secondary N) is 2. The van der Waals surface area contributed by atoms with Gasteiger partial charge in [-0.05, 0) is 67.4 Å². The number of sulfonamides is 2. The van der Waals surface area contributed by atoms with Gasteiger partial charge in [-0.15, -0.1) is 0 Å². The Hall–Kier alpha value is -3.55. The second-order valence-corrected chi connectivity index (χ2v) is 12.0. The van der Waals surface area contributed by atoms with Gasteiger partial charge >= 0.3 is 0 Å². The lowest BCUT2D eigenvalue weighted by Crippen LogP contribution is -2.35. The molecule has 0 bridgehead atoms. The van der Waals surface area contributed by atoms with Crippen LogP contribution >= 0.6 is 0 Å². The summed E-state index contributed by atoms with van der Waals surface area (Å²) in [7, 11) is -8.11. The predicted molar refractivity (Wildman–Crippen MR) is 132 cm³/mol. The Bertz CT molecular complexity index is 1560. The van der Waals surface area contributed by atoms with E-state index in [1.165, 1.54) is 40.7 Å². The van der Waals surface area contributed by atoms with Crippen molar-refractivity contribution in [1.29, 1.82) is 0 Å². The SMILES string of the molecule is O=C(Nc1cc(S(=O)(=O)N2CCCCC2)ccc1O)c1cccc(NS(=O)(=O)c2ccc(F)c(F)c2)c1. The van der Waals surface area contributed by atoms with Crippen LogP contribution < -0.4 is 10.0 Å². The summed E-state index contributed by atoms with van der Waals surface area (Å²) in [6, 6.07) is 11.0. The molecule has 1 aliphatic rings. The van der Waals surface area contributed by atoms with Crippen molar-refractivity contribution in [1.82, 2.24) is 4.31 Å². The zero-order valence-electron chi connectivity index (χ0n) is 19.3. The van der Waals surface area contributed by atoms with E-state index in [2.05, 4.69) is 10.0 Å². The first-order chi connectivity index (χ1) is 17.5. The van der Waals surface area contributed by atoms with E-state index in [0.717, 1.165) is 31.4 Å². The van der Waals surface area contributed by atoms with Gasteiger partial charge in [-0.3, -0.25) is 9.52 Å². The van der Waals surface area contributed by atoms with Gasteiger partial charge in [0.25, 0.3) is 15.9 Å². The summed E-state index contributed by atoms with van der Waals surface area (Å²) in [6.07, 6.45) is 2.44. The molecule has 1 fully saturated rings. The van der Waals surface area contributed by atoms with Crippen LogP contribution in [0, 0.1) is 11.6 Å². The summed E-state index contributed by atoms with van der Waals surface area (Å²) in [5, 5.41) is 12.6. The average molecular weight is 552 g/mol. The molecule has 9 nitrogen and oxygen atoms in total. The second kappa shape index (κ2) is 10.4. The number of aromatic hydroxyl groups is 1. The molecule has 3 aromatic carbocycles. The molecule has 3 aromatic rings. The van der Waals surface area contributed by atoms with E-state index in [1.54, 1.807) is 0 Å². The van der Waals surface area contributed by atoms with Gasteiger partial charge in [0.05, 0.1) is 15.5 Å². The molecule has 0 spiro atoms. The van der Waals surface area contributed by atoms with E-state index in [4.69, 9.17) is 0 Å². The molecular weight excluding hydrogens is 528 g/mol. The number of carbonyl (C=O) groups is 1. The molecule has 3 N–H and O–H groups in total. The normalized spacial score (nSPS) is 14.8. The van der Waals surface area contributed by atoms with Crippen molar-refractivity contribution < 1.29 is 35.5 Å². The zero-order chi connectivity index (χ0) is 26.8.